The maximum atomic E-state index is 11.8. The van der Waals surface area contributed by atoms with E-state index in [1.807, 2.05) is 20.8 Å². The summed E-state index contributed by atoms with van der Waals surface area (Å²) in [5.74, 6) is -0.0194. The predicted molar refractivity (Wildman–Crippen MR) is 74.5 cm³/mol. The Balaban J connectivity index is 2.08. The lowest BCUT2D eigenvalue weighted by Crippen LogP contribution is -2.39. The molecule has 5 nitrogen and oxygen atoms in total. The quantitative estimate of drug-likeness (QED) is 0.862. The van der Waals surface area contributed by atoms with Gasteiger partial charge in [0.2, 0.25) is 0 Å². The highest BCUT2D eigenvalue weighted by Gasteiger charge is 2.47. The fourth-order valence-corrected chi connectivity index (χ4v) is 1.95. The van der Waals surface area contributed by atoms with E-state index in [1.165, 1.54) is 6.92 Å². The van der Waals surface area contributed by atoms with Gasteiger partial charge in [0, 0.05) is 11.8 Å². The van der Waals surface area contributed by atoms with Crippen LogP contribution < -0.4 is 5.32 Å². The lowest BCUT2D eigenvalue weighted by molar-refractivity contribution is 0.0493. The summed E-state index contributed by atoms with van der Waals surface area (Å²) in [4.78, 5) is 27.4. The standard InChI is InChI=1S/C15H20N2O3/c1-10(18)11-5-6-12(16-9-11)15(7-8-15)17-13(19)20-14(2,3)4/h5-6,9H,7-8H2,1-4H3,(H,17,19). The number of carbonyl (C=O) groups is 2. The van der Waals surface area contributed by atoms with Gasteiger partial charge in [0.05, 0.1) is 11.2 Å². The minimum absolute atomic E-state index is 0.0194. The Morgan fingerprint density at radius 2 is 1.95 bits per heavy atom. The number of hydrogen-bond acceptors (Lipinski definition) is 4. The molecule has 1 fully saturated rings. The van der Waals surface area contributed by atoms with E-state index in [-0.39, 0.29) is 5.78 Å². The topological polar surface area (TPSA) is 68.3 Å². The van der Waals surface area contributed by atoms with Crippen LogP contribution in [0.3, 0.4) is 0 Å². The fourth-order valence-electron chi connectivity index (χ4n) is 1.95. The molecule has 0 aromatic carbocycles. The molecule has 1 aliphatic rings. The average Bonchev–Trinajstić information content (AvgIpc) is 3.07. The zero-order chi connectivity index (χ0) is 15.0. The Kier molecular flexibility index (Phi) is 3.54. The first-order chi connectivity index (χ1) is 9.22. The van der Waals surface area contributed by atoms with Gasteiger partial charge in [-0.3, -0.25) is 9.78 Å². The van der Waals surface area contributed by atoms with Crippen molar-refractivity contribution in [3.05, 3.63) is 29.6 Å². The second-order valence-electron chi connectivity index (χ2n) is 6.20. The Morgan fingerprint density at radius 3 is 2.35 bits per heavy atom. The Labute approximate surface area is 118 Å². The van der Waals surface area contributed by atoms with Crippen molar-refractivity contribution in [3.8, 4) is 0 Å². The third-order valence-electron chi connectivity index (χ3n) is 3.15. The molecule has 1 aliphatic carbocycles. The monoisotopic (exact) mass is 276 g/mol. The van der Waals surface area contributed by atoms with Gasteiger partial charge in [-0.25, -0.2) is 4.79 Å². The number of amides is 1. The molecule has 1 aromatic rings. The molecule has 20 heavy (non-hydrogen) atoms. The van der Waals surface area contributed by atoms with Crippen LogP contribution in [-0.4, -0.2) is 22.5 Å². The maximum Gasteiger partial charge on any atom is 0.408 e. The minimum Gasteiger partial charge on any atom is -0.444 e. The molecule has 0 spiro atoms. The predicted octanol–water partition coefficient (Wildman–Crippen LogP) is 2.80. The summed E-state index contributed by atoms with van der Waals surface area (Å²) >= 11 is 0. The van der Waals surface area contributed by atoms with Crippen LogP contribution in [0, 0.1) is 0 Å². The van der Waals surface area contributed by atoms with Gasteiger partial charge in [-0.1, -0.05) is 0 Å². The fraction of sp³-hybridized carbons (Fsp3) is 0.533. The van der Waals surface area contributed by atoms with Gasteiger partial charge in [0.1, 0.15) is 5.60 Å². The first-order valence-corrected chi connectivity index (χ1v) is 6.70. The van der Waals surface area contributed by atoms with Crippen molar-refractivity contribution in [2.45, 2.75) is 51.7 Å². The second-order valence-corrected chi connectivity index (χ2v) is 6.20. The summed E-state index contributed by atoms with van der Waals surface area (Å²) in [5, 5.41) is 2.88. The molecule has 1 aromatic heterocycles. The first kappa shape index (κ1) is 14.5. The van der Waals surface area contributed by atoms with Crippen molar-refractivity contribution >= 4 is 11.9 Å². The molecular weight excluding hydrogens is 256 g/mol. The Hall–Kier alpha value is -1.91. The summed E-state index contributed by atoms with van der Waals surface area (Å²) in [5.41, 5.74) is 0.388. The van der Waals surface area contributed by atoms with Crippen molar-refractivity contribution in [2.24, 2.45) is 0 Å². The van der Waals surface area contributed by atoms with Gasteiger partial charge in [0.15, 0.2) is 5.78 Å². The summed E-state index contributed by atoms with van der Waals surface area (Å²) in [6, 6.07) is 3.53. The molecule has 1 saturated carbocycles. The summed E-state index contributed by atoms with van der Waals surface area (Å²) in [7, 11) is 0. The van der Waals surface area contributed by atoms with E-state index in [4.69, 9.17) is 4.74 Å². The molecule has 0 radical (unpaired) electrons. The molecule has 0 aliphatic heterocycles. The second kappa shape index (κ2) is 4.89. The van der Waals surface area contributed by atoms with Gasteiger partial charge in [-0.2, -0.15) is 0 Å². The van der Waals surface area contributed by atoms with E-state index >= 15 is 0 Å². The number of nitrogens with one attached hydrogen (secondary N) is 1. The van der Waals surface area contributed by atoms with Crippen LogP contribution >= 0.6 is 0 Å². The number of rotatable bonds is 3. The molecule has 0 saturated heterocycles. The molecule has 0 unspecified atom stereocenters. The number of ether oxygens (including phenoxy) is 1. The van der Waals surface area contributed by atoms with E-state index in [9.17, 15) is 9.59 Å². The summed E-state index contributed by atoms with van der Waals surface area (Å²) in [6.07, 6.45) is 2.78. The molecule has 1 amide bonds. The zero-order valence-corrected chi connectivity index (χ0v) is 12.3. The van der Waals surface area contributed by atoms with Crippen molar-refractivity contribution in [2.75, 3.05) is 0 Å². The third kappa shape index (κ3) is 3.35. The smallest absolute Gasteiger partial charge is 0.408 e. The number of hydrogen-bond donors (Lipinski definition) is 1. The van der Waals surface area contributed by atoms with Gasteiger partial charge < -0.3 is 10.1 Å². The highest BCUT2D eigenvalue weighted by molar-refractivity contribution is 5.93. The van der Waals surface area contributed by atoms with Gasteiger partial charge >= 0.3 is 6.09 Å². The van der Waals surface area contributed by atoms with E-state index in [0.29, 0.717) is 5.56 Å². The number of carbonyl (C=O) groups excluding carboxylic acids is 2. The van der Waals surface area contributed by atoms with Crippen LogP contribution in [0.4, 0.5) is 4.79 Å². The summed E-state index contributed by atoms with van der Waals surface area (Å²) < 4.78 is 5.27. The molecule has 0 atom stereocenters. The number of nitrogens with zero attached hydrogens (tertiary/aromatic N) is 1. The maximum absolute atomic E-state index is 11.8. The van der Waals surface area contributed by atoms with E-state index in [1.54, 1.807) is 18.3 Å². The molecule has 108 valence electrons. The zero-order valence-electron chi connectivity index (χ0n) is 12.3. The first-order valence-electron chi connectivity index (χ1n) is 6.70. The molecule has 1 N–H and O–H groups in total. The van der Waals surface area contributed by atoms with Crippen molar-refractivity contribution in [1.82, 2.24) is 10.3 Å². The van der Waals surface area contributed by atoms with Gasteiger partial charge in [0.25, 0.3) is 0 Å². The van der Waals surface area contributed by atoms with Crippen molar-refractivity contribution in [1.29, 1.82) is 0 Å². The van der Waals surface area contributed by atoms with Crippen LogP contribution in [0.2, 0.25) is 0 Å². The highest BCUT2D eigenvalue weighted by atomic mass is 16.6. The van der Waals surface area contributed by atoms with E-state index in [0.717, 1.165) is 18.5 Å². The molecule has 2 rings (SSSR count). The summed E-state index contributed by atoms with van der Waals surface area (Å²) in [6.45, 7) is 6.98. The van der Waals surface area contributed by atoms with Crippen LogP contribution in [0.15, 0.2) is 18.3 Å². The van der Waals surface area contributed by atoms with Crippen LogP contribution in [0.25, 0.3) is 0 Å². The van der Waals surface area contributed by atoms with Crippen molar-refractivity contribution in [3.63, 3.8) is 0 Å². The number of aromatic nitrogens is 1. The molecular formula is C15H20N2O3. The van der Waals surface area contributed by atoms with Crippen molar-refractivity contribution < 1.29 is 14.3 Å². The van der Waals surface area contributed by atoms with Gasteiger partial charge in [-0.05, 0) is 52.7 Å². The Bertz CT molecular complexity index is 525. The van der Waals surface area contributed by atoms with Crippen LogP contribution in [0.5, 0.6) is 0 Å². The molecule has 0 bridgehead atoms. The SMILES string of the molecule is CC(=O)c1ccc(C2(NC(=O)OC(C)(C)C)CC2)nc1. The molecule has 5 heteroatoms. The van der Waals surface area contributed by atoms with Gasteiger partial charge in [-0.15, -0.1) is 0 Å². The van der Waals surface area contributed by atoms with E-state index < -0.39 is 17.2 Å². The number of pyridine rings is 1. The Morgan fingerprint density at radius 1 is 1.30 bits per heavy atom. The van der Waals surface area contributed by atoms with Crippen LogP contribution in [0.1, 0.15) is 56.6 Å². The lowest BCUT2D eigenvalue weighted by atomic mass is 10.1. The normalized spacial score (nSPS) is 16.4. The molecule has 1 heterocycles. The highest BCUT2D eigenvalue weighted by Crippen LogP contribution is 2.44. The largest absolute Gasteiger partial charge is 0.444 e. The average molecular weight is 276 g/mol. The minimum atomic E-state index is -0.522. The number of alkyl carbamates (subject to hydrolysis) is 1. The number of ketones is 1. The van der Waals surface area contributed by atoms with E-state index in [2.05, 4.69) is 10.3 Å². The lowest BCUT2D eigenvalue weighted by Gasteiger charge is -2.23. The third-order valence-corrected chi connectivity index (χ3v) is 3.15. The van der Waals surface area contributed by atoms with Crippen LogP contribution in [-0.2, 0) is 10.3 Å². The number of Topliss-reactive ketones (excluding diaryl/α,β-unsaturated/α-hetero) is 1.